The Labute approximate surface area is 137 Å². The van der Waals surface area contributed by atoms with E-state index in [0.717, 1.165) is 37.9 Å². The number of hydrogen-bond donors (Lipinski definition) is 1. The average molecular weight is 309 g/mol. The van der Waals surface area contributed by atoms with Crippen LogP contribution in [0, 0.1) is 0 Å². The lowest BCUT2D eigenvalue weighted by Crippen LogP contribution is -2.40. The Morgan fingerprint density at radius 3 is 2.65 bits per heavy atom. The number of likely N-dealkylation sites (tertiary alicyclic amines) is 1. The van der Waals surface area contributed by atoms with Crippen molar-refractivity contribution in [1.82, 2.24) is 15.2 Å². The molecule has 2 heterocycles. The summed E-state index contributed by atoms with van der Waals surface area (Å²) in [5, 5.41) is 3.01. The standard InChI is InChI=1S/C19H23N3O/c23-19(21-15-16-8-11-20-12-9-16)22-13-4-7-18(10-14-22)17-5-2-1-3-6-17/h1-3,5-6,8-9,11-12,18H,4,7,10,13-15H2,(H,21,23). The van der Waals surface area contributed by atoms with E-state index in [4.69, 9.17) is 0 Å². The van der Waals surface area contributed by atoms with Crippen molar-refractivity contribution in [2.24, 2.45) is 0 Å². The molecule has 1 fully saturated rings. The van der Waals surface area contributed by atoms with Crippen LogP contribution in [0.3, 0.4) is 0 Å². The summed E-state index contributed by atoms with van der Waals surface area (Å²) in [7, 11) is 0. The predicted octanol–water partition coefficient (Wildman–Crippen LogP) is 3.56. The molecule has 1 aromatic carbocycles. The van der Waals surface area contributed by atoms with Gasteiger partial charge in [-0.1, -0.05) is 30.3 Å². The summed E-state index contributed by atoms with van der Waals surface area (Å²) < 4.78 is 0. The fourth-order valence-corrected chi connectivity index (χ4v) is 3.15. The van der Waals surface area contributed by atoms with E-state index in [1.807, 2.05) is 17.0 Å². The van der Waals surface area contributed by atoms with Crippen molar-refractivity contribution in [3.63, 3.8) is 0 Å². The SMILES string of the molecule is O=C(NCc1ccncc1)N1CCCC(c2ccccc2)CC1. The van der Waals surface area contributed by atoms with E-state index in [9.17, 15) is 4.79 Å². The van der Waals surface area contributed by atoms with Gasteiger partial charge in [0.05, 0.1) is 0 Å². The Kier molecular flexibility index (Phi) is 5.25. The summed E-state index contributed by atoms with van der Waals surface area (Å²) in [5.74, 6) is 0.564. The number of carbonyl (C=O) groups is 1. The van der Waals surface area contributed by atoms with E-state index in [2.05, 4.69) is 40.6 Å². The highest BCUT2D eigenvalue weighted by Crippen LogP contribution is 2.27. The van der Waals surface area contributed by atoms with E-state index in [0.29, 0.717) is 12.5 Å². The Morgan fingerprint density at radius 1 is 1.09 bits per heavy atom. The molecular weight excluding hydrogens is 286 g/mol. The fraction of sp³-hybridized carbons (Fsp3) is 0.368. The van der Waals surface area contributed by atoms with Crippen LogP contribution in [0.25, 0.3) is 0 Å². The molecule has 1 aliphatic heterocycles. The van der Waals surface area contributed by atoms with Crippen molar-refractivity contribution in [2.75, 3.05) is 13.1 Å². The molecule has 0 radical (unpaired) electrons. The van der Waals surface area contributed by atoms with Gasteiger partial charge >= 0.3 is 6.03 Å². The molecule has 1 aliphatic rings. The quantitative estimate of drug-likeness (QED) is 0.942. The molecule has 1 saturated heterocycles. The fourth-order valence-electron chi connectivity index (χ4n) is 3.15. The van der Waals surface area contributed by atoms with Crippen LogP contribution in [-0.2, 0) is 6.54 Å². The van der Waals surface area contributed by atoms with Gasteiger partial charge in [-0.05, 0) is 48.4 Å². The summed E-state index contributed by atoms with van der Waals surface area (Å²) in [5.41, 5.74) is 2.47. The molecule has 0 aliphatic carbocycles. The monoisotopic (exact) mass is 309 g/mol. The number of carbonyl (C=O) groups excluding carboxylic acids is 1. The predicted molar refractivity (Wildman–Crippen MR) is 91.1 cm³/mol. The molecule has 2 aromatic rings. The normalized spacial score (nSPS) is 18.3. The van der Waals surface area contributed by atoms with Gasteiger partial charge in [0, 0.05) is 32.0 Å². The zero-order valence-electron chi connectivity index (χ0n) is 13.3. The van der Waals surface area contributed by atoms with E-state index >= 15 is 0 Å². The first-order chi connectivity index (χ1) is 11.3. The van der Waals surface area contributed by atoms with Gasteiger partial charge in [0.15, 0.2) is 0 Å². The van der Waals surface area contributed by atoms with Crippen LogP contribution in [-0.4, -0.2) is 29.0 Å². The maximum Gasteiger partial charge on any atom is 0.317 e. The minimum Gasteiger partial charge on any atom is -0.334 e. The summed E-state index contributed by atoms with van der Waals surface area (Å²) in [6, 6.07) is 14.5. The van der Waals surface area contributed by atoms with Gasteiger partial charge in [-0.15, -0.1) is 0 Å². The maximum absolute atomic E-state index is 12.4. The molecule has 23 heavy (non-hydrogen) atoms. The second kappa shape index (κ2) is 7.77. The molecule has 1 aromatic heterocycles. The number of hydrogen-bond acceptors (Lipinski definition) is 2. The number of aromatic nitrogens is 1. The molecule has 2 amide bonds. The van der Waals surface area contributed by atoms with E-state index < -0.39 is 0 Å². The minimum atomic E-state index is 0.0375. The number of pyridine rings is 1. The third-order valence-electron chi connectivity index (χ3n) is 4.48. The van der Waals surface area contributed by atoms with Gasteiger partial charge in [0.2, 0.25) is 0 Å². The molecule has 4 heteroatoms. The molecule has 1 N–H and O–H groups in total. The van der Waals surface area contributed by atoms with Crippen molar-refractivity contribution < 1.29 is 4.79 Å². The number of rotatable bonds is 3. The first-order valence-electron chi connectivity index (χ1n) is 8.29. The van der Waals surface area contributed by atoms with Gasteiger partial charge in [0.25, 0.3) is 0 Å². The lowest BCUT2D eigenvalue weighted by molar-refractivity contribution is 0.199. The van der Waals surface area contributed by atoms with Crippen LogP contribution in [0.5, 0.6) is 0 Å². The zero-order valence-corrected chi connectivity index (χ0v) is 13.3. The molecule has 1 unspecified atom stereocenters. The van der Waals surface area contributed by atoms with Gasteiger partial charge in [0.1, 0.15) is 0 Å². The first kappa shape index (κ1) is 15.5. The molecule has 1 atom stereocenters. The lowest BCUT2D eigenvalue weighted by Gasteiger charge is -2.21. The number of benzene rings is 1. The second-order valence-electron chi connectivity index (χ2n) is 6.04. The second-order valence-corrected chi connectivity index (χ2v) is 6.04. The van der Waals surface area contributed by atoms with Gasteiger partial charge in [-0.25, -0.2) is 4.79 Å². The Bertz CT molecular complexity index is 615. The molecule has 0 bridgehead atoms. The highest BCUT2D eigenvalue weighted by Gasteiger charge is 2.21. The van der Waals surface area contributed by atoms with Crippen LogP contribution in [0.2, 0.25) is 0 Å². The van der Waals surface area contributed by atoms with Crippen LogP contribution in [0.4, 0.5) is 4.79 Å². The number of nitrogens with one attached hydrogen (secondary N) is 1. The van der Waals surface area contributed by atoms with E-state index in [-0.39, 0.29) is 6.03 Å². The molecule has 0 spiro atoms. The topological polar surface area (TPSA) is 45.2 Å². The lowest BCUT2D eigenvalue weighted by atomic mass is 9.92. The smallest absolute Gasteiger partial charge is 0.317 e. The van der Waals surface area contributed by atoms with Crippen molar-refractivity contribution in [2.45, 2.75) is 31.7 Å². The third kappa shape index (κ3) is 4.31. The average Bonchev–Trinajstić information content (AvgIpc) is 2.87. The first-order valence-corrected chi connectivity index (χ1v) is 8.29. The highest BCUT2D eigenvalue weighted by molar-refractivity contribution is 5.74. The highest BCUT2D eigenvalue weighted by atomic mass is 16.2. The van der Waals surface area contributed by atoms with Crippen LogP contribution in [0.1, 0.15) is 36.3 Å². The van der Waals surface area contributed by atoms with Gasteiger partial charge < -0.3 is 10.2 Å². The molecule has 4 nitrogen and oxygen atoms in total. The Hall–Kier alpha value is -2.36. The van der Waals surface area contributed by atoms with Crippen molar-refractivity contribution in [3.8, 4) is 0 Å². The summed E-state index contributed by atoms with van der Waals surface area (Å²) in [4.78, 5) is 18.3. The van der Waals surface area contributed by atoms with Gasteiger partial charge in [-0.2, -0.15) is 0 Å². The van der Waals surface area contributed by atoms with E-state index in [1.54, 1.807) is 12.4 Å². The van der Waals surface area contributed by atoms with Crippen LogP contribution in [0.15, 0.2) is 54.9 Å². The maximum atomic E-state index is 12.4. The van der Waals surface area contributed by atoms with Crippen molar-refractivity contribution >= 4 is 6.03 Å². The van der Waals surface area contributed by atoms with Gasteiger partial charge in [-0.3, -0.25) is 4.98 Å². The largest absolute Gasteiger partial charge is 0.334 e. The molecule has 120 valence electrons. The number of amides is 2. The number of urea groups is 1. The minimum absolute atomic E-state index is 0.0375. The zero-order chi connectivity index (χ0) is 15.9. The Balaban J connectivity index is 1.52. The molecular formula is C19H23N3O. The summed E-state index contributed by atoms with van der Waals surface area (Å²) in [6.07, 6.45) is 6.74. The van der Waals surface area contributed by atoms with E-state index in [1.165, 1.54) is 5.56 Å². The third-order valence-corrected chi connectivity index (χ3v) is 4.48. The van der Waals surface area contributed by atoms with Crippen molar-refractivity contribution in [1.29, 1.82) is 0 Å². The molecule has 3 rings (SSSR count). The number of nitrogens with zero attached hydrogens (tertiary/aromatic N) is 2. The van der Waals surface area contributed by atoms with Crippen molar-refractivity contribution in [3.05, 3.63) is 66.0 Å². The van der Waals surface area contributed by atoms with Crippen LogP contribution >= 0.6 is 0 Å². The summed E-state index contributed by atoms with van der Waals surface area (Å²) in [6.45, 7) is 2.22. The van der Waals surface area contributed by atoms with Crippen LogP contribution < -0.4 is 5.32 Å². The molecule has 0 saturated carbocycles. The summed E-state index contributed by atoms with van der Waals surface area (Å²) >= 11 is 0. The Morgan fingerprint density at radius 2 is 1.87 bits per heavy atom.